The van der Waals surface area contributed by atoms with Gasteiger partial charge in [0, 0.05) is 26.2 Å². The zero-order chi connectivity index (χ0) is 29.5. The van der Waals surface area contributed by atoms with Gasteiger partial charge in [-0.3, -0.25) is 14.4 Å². The van der Waals surface area contributed by atoms with Gasteiger partial charge in [0.2, 0.25) is 5.75 Å². The quantitative estimate of drug-likeness (QED) is 0.444. The number of benzene rings is 2. The topological polar surface area (TPSA) is 154 Å². The highest BCUT2D eigenvalue weighted by molar-refractivity contribution is 7.91. The van der Waals surface area contributed by atoms with E-state index < -0.39 is 44.8 Å². The molecule has 41 heavy (non-hydrogen) atoms. The Bertz CT molecular complexity index is 1750. The summed E-state index contributed by atoms with van der Waals surface area (Å²) in [5, 5.41) is 19.9. The number of aromatic hydroxyl groups is 1. The lowest BCUT2D eigenvalue weighted by Crippen LogP contribution is -2.46. The van der Waals surface area contributed by atoms with Crippen molar-refractivity contribution in [3.63, 3.8) is 0 Å². The maximum atomic E-state index is 13.5. The number of hydrogen-bond donors (Lipinski definition) is 1. The van der Waals surface area contributed by atoms with E-state index in [1.54, 1.807) is 18.2 Å². The Kier molecular flexibility index (Phi) is 7.78. The van der Waals surface area contributed by atoms with Crippen LogP contribution in [0.4, 0.5) is 0 Å². The van der Waals surface area contributed by atoms with Crippen LogP contribution in [0.3, 0.4) is 0 Å². The number of fused-ring (bicyclic) bond motifs is 1. The van der Waals surface area contributed by atoms with Crippen molar-refractivity contribution in [2.75, 3.05) is 25.4 Å². The van der Waals surface area contributed by atoms with E-state index in [0.29, 0.717) is 24.9 Å². The van der Waals surface area contributed by atoms with Gasteiger partial charge in [0.1, 0.15) is 5.82 Å². The van der Waals surface area contributed by atoms with Gasteiger partial charge < -0.3 is 19.5 Å². The number of rotatable bonds is 6. The summed E-state index contributed by atoms with van der Waals surface area (Å²) >= 11 is 12.5. The van der Waals surface area contributed by atoms with E-state index in [4.69, 9.17) is 28.5 Å². The van der Waals surface area contributed by atoms with Gasteiger partial charge in [0.15, 0.2) is 15.5 Å². The van der Waals surface area contributed by atoms with Crippen LogP contribution in [0.15, 0.2) is 52.2 Å². The van der Waals surface area contributed by atoms with Crippen LogP contribution < -0.4 is 5.56 Å². The molecule has 1 saturated heterocycles. The van der Waals surface area contributed by atoms with Crippen LogP contribution in [-0.2, 0) is 16.4 Å². The summed E-state index contributed by atoms with van der Waals surface area (Å²) in [5.41, 5.74) is -0.901. The Morgan fingerprint density at radius 3 is 2.41 bits per heavy atom. The molecule has 2 aliphatic heterocycles. The molecule has 1 N–H and O–H groups in total. The summed E-state index contributed by atoms with van der Waals surface area (Å²) in [6.45, 7) is 0.345. The first-order valence-electron chi connectivity index (χ1n) is 12.6. The summed E-state index contributed by atoms with van der Waals surface area (Å²) in [6.07, 6.45) is 1.04. The molecular formula is C27H23Cl2N5O6S. The van der Waals surface area contributed by atoms with E-state index in [1.807, 2.05) is 6.07 Å². The monoisotopic (exact) mass is 615 g/mol. The summed E-state index contributed by atoms with van der Waals surface area (Å²) in [7, 11) is -3.79. The summed E-state index contributed by atoms with van der Waals surface area (Å²) in [4.78, 5) is 46.5. The fourth-order valence-electron chi connectivity index (χ4n) is 5.15. The molecule has 0 bridgehead atoms. The Morgan fingerprint density at radius 1 is 1.07 bits per heavy atom. The van der Waals surface area contributed by atoms with Gasteiger partial charge in [-0.1, -0.05) is 29.3 Å². The van der Waals surface area contributed by atoms with Crippen molar-refractivity contribution in [2.24, 2.45) is 0 Å². The molecule has 11 nitrogen and oxygen atoms in total. The highest BCUT2D eigenvalue weighted by Crippen LogP contribution is 2.36. The molecule has 0 spiro atoms. The normalized spacial score (nSPS) is 16.9. The number of hydrogen-bond acceptors (Lipinski definition) is 8. The van der Waals surface area contributed by atoms with E-state index >= 15 is 0 Å². The average molecular weight is 616 g/mol. The van der Waals surface area contributed by atoms with Crippen LogP contribution in [0.25, 0.3) is 0 Å². The van der Waals surface area contributed by atoms with Crippen LogP contribution in [-0.4, -0.2) is 70.1 Å². The summed E-state index contributed by atoms with van der Waals surface area (Å²) in [6, 6.07) is 11.4. The minimum atomic E-state index is -3.79. The number of halogens is 2. The molecule has 1 fully saturated rings. The van der Waals surface area contributed by atoms with Crippen LogP contribution in [0.2, 0.25) is 10.0 Å². The lowest BCUT2D eigenvalue weighted by atomic mass is 10.1. The molecule has 3 heterocycles. The SMILES string of the molecule is N#Cc1ccc(S(=O)(=O)CCN2CCn3c(C4CCCN4C(=O)c4c(Cl)cccc4Cl)nc(=O)c(O)c3C2=O)cc1. The fourth-order valence-corrected chi connectivity index (χ4v) is 6.96. The number of carbonyl (C=O) groups excluding carboxylic acids is 2. The predicted octanol–water partition coefficient (Wildman–Crippen LogP) is 3.03. The van der Waals surface area contributed by atoms with E-state index in [9.17, 15) is 27.9 Å². The molecule has 2 aromatic carbocycles. The highest BCUT2D eigenvalue weighted by Gasteiger charge is 2.39. The van der Waals surface area contributed by atoms with Crippen molar-refractivity contribution in [3.05, 3.63) is 85.5 Å². The lowest BCUT2D eigenvalue weighted by Gasteiger charge is -2.34. The second-order valence-electron chi connectivity index (χ2n) is 9.62. The molecule has 1 atom stereocenters. The maximum Gasteiger partial charge on any atom is 0.315 e. The molecule has 5 rings (SSSR count). The lowest BCUT2D eigenvalue weighted by molar-refractivity contribution is 0.0689. The van der Waals surface area contributed by atoms with Crippen molar-refractivity contribution < 1.29 is 23.1 Å². The predicted molar refractivity (Wildman–Crippen MR) is 149 cm³/mol. The number of nitriles is 1. The summed E-state index contributed by atoms with van der Waals surface area (Å²) in [5.74, 6) is -2.28. The Balaban J connectivity index is 1.42. The van der Waals surface area contributed by atoms with E-state index in [2.05, 4.69) is 4.98 Å². The number of carbonyl (C=O) groups is 2. The van der Waals surface area contributed by atoms with Crippen molar-refractivity contribution in [3.8, 4) is 11.8 Å². The Labute approximate surface area is 245 Å². The number of aromatic nitrogens is 2. The molecule has 0 aliphatic carbocycles. The van der Waals surface area contributed by atoms with Gasteiger partial charge >= 0.3 is 5.56 Å². The van der Waals surface area contributed by atoms with Crippen LogP contribution >= 0.6 is 23.2 Å². The number of nitrogens with zero attached hydrogens (tertiary/aromatic N) is 5. The molecule has 0 saturated carbocycles. The van der Waals surface area contributed by atoms with Crippen molar-refractivity contribution in [1.82, 2.24) is 19.4 Å². The first kappa shape index (κ1) is 28.6. The minimum Gasteiger partial charge on any atom is -0.501 e. The molecular weight excluding hydrogens is 593 g/mol. The number of amides is 2. The molecule has 14 heteroatoms. The van der Waals surface area contributed by atoms with E-state index in [1.165, 1.54) is 38.6 Å². The third kappa shape index (κ3) is 5.28. The molecule has 3 aromatic rings. The standard InChI is InChI=1S/C27H23Cl2N5O6S/c28-18-3-1-4-19(29)21(18)26(37)33-10-2-5-20(33)24-31-25(36)23(35)22-27(38)32(11-12-34(22)24)13-14-41(39,40)17-8-6-16(15-30)7-9-17/h1,3-4,6-9,20,35H,2,5,10-14H2. The molecule has 1 unspecified atom stereocenters. The largest absolute Gasteiger partial charge is 0.501 e. The summed E-state index contributed by atoms with van der Waals surface area (Å²) < 4.78 is 27.1. The minimum absolute atomic E-state index is 0.0107. The number of sulfone groups is 1. The van der Waals surface area contributed by atoms with Gasteiger partial charge in [0.25, 0.3) is 11.8 Å². The van der Waals surface area contributed by atoms with Crippen LogP contribution in [0, 0.1) is 11.3 Å². The zero-order valence-electron chi connectivity index (χ0n) is 21.5. The third-order valence-electron chi connectivity index (χ3n) is 7.23. The number of likely N-dealkylation sites (tertiary alicyclic amines) is 1. The van der Waals surface area contributed by atoms with Crippen molar-refractivity contribution in [1.29, 1.82) is 5.26 Å². The Morgan fingerprint density at radius 2 is 1.76 bits per heavy atom. The molecule has 1 aromatic heterocycles. The molecule has 2 aliphatic rings. The highest BCUT2D eigenvalue weighted by atomic mass is 35.5. The maximum absolute atomic E-state index is 13.5. The molecule has 0 radical (unpaired) electrons. The Hall–Kier alpha value is -3.92. The van der Waals surface area contributed by atoms with Crippen LogP contribution in [0.1, 0.15) is 51.1 Å². The van der Waals surface area contributed by atoms with Gasteiger partial charge in [-0.2, -0.15) is 10.2 Å². The van der Waals surface area contributed by atoms with Crippen molar-refractivity contribution in [2.45, 2.75) is 30.3 Å². The van der Waals surface area contributed by atoms with Gasteiger partial charge in [-0.05, 0) is 49.2 Å². The van der Waals surface area contributed by atoms with Gasteiger partial charge in [-0.15, -0.1) is 0 Å². The van der Waals surface area contributed by atoms with E-state index in [-0.39, 0.29) is 51.7 Å². The van der Waals surface area contributed by atoms with Crippen molar-refractivity contribution >= 4 is 44.9 Å². The van der Waals surface area contributed by atoms with E-state index in [0.717, 1.165) is 0 Å². The second kappa shape index (κ2) is 11.2. The van der Waals surface area contributed by atoms with Crippen LogP contribution in [0.5, 0.6) is 5.75 Å². The smallest absolute Gasteiger partial charge is 0.315 e. The fraction of sp³-hybridized carbons (Fsp3) is 0.296. The van der Waals surface area contributed by atoms with Gasteiger partial charge in [0.05, 0.1) is 43.9 Å². The first-order chi connectivity index (χ1) is 19.5. The zero-order valence-corrected chi connectivity index (χ0v) is 23.8. The molecule has 212 valence electrons. The first-order valence-corrected chi connectivity index (χ1v) is 15.0. The third-order valence-corrected chi connectivity index (χ3v) is 9.57. The average Bonchev–Trinajstić information content (AvgIpc) is 3.44. The second-order valence-corrected chi connectivity index (χ2v) is 12.5. The molecule has 2 amide bonds. The van der Waals surface area contributed by atoms with Gasteiger partial charge in [-0.25, -0.2) is 8.42 Å².